The Morgan fingerprint density at radius 3 is 1.85 bits per heavy atom. The first-order valence-electron chi connectivity index (χ1n) is 24.6. The first-order valence-corrected chi connectivity index (χ1v) is 27.5. The van der Waals surface area contributed by atoms with Gasteiger partial charge in [-0.05, 0) is 130 Å². The second-order valence-corrected chi connectivity index (χ2v) is 27.0. The average molecular weight is 1020 g/mol. The third-order valence-corrected chi connectivity index (χ3v) is 20.6. The number of esters is 1. The molecule has 0 saturated heterocycles. The van der Waals surface area contributed by atoms with Crippen LogP contribution in [0.5, 0.6) is 11.5 Å². The van der Waals surface area contributed by atoms with Crippen molar-refractivity contribution >= 4 is 20.1 Å². The van der Waals surface area contributed by atoms with Gasteiger partial charge in [-0.3, -0.25) is 14.8 Å². The van der Waals surface area contributed by atoms with Crippen LogP contribution in [0.15, 0.2) is 104 Å². The number of rotatable bonds is 8. The maximum atomic E-state index is 13.8. The molecule has 2 fully saturated rings. The Labute approximate surface area is 430 Å². The summed E-state index contributed by atoms with van der Waals surface area (Å²) in [6, 6.07) is 18.6. The summed E-state index contributed by atoms with van der Waals surface area (Å²) in [6.07, 6.45) is 7.05. The molecule has 15 heteroatoms. The number of Topliss-reactive ketones (excluding diaryl/α,β-unsaturated/α-hetero) is 1. The third kappa shape index (κ3) is 10.8. The number of fused-ring (bicyclic) bond motifs is 4. The number of carbonyl (C=O) groups excluding carboxylic acids is 2. The van der Waals surface area contributed by atoms with Gasteiger partial charge in [-0.15, -0.1) is 0 Å². The van der Waals surface area contributed by atoms with Gasteiger partial charge in [0.2, 0.25) is 0 Å². The maximum absolute atomic E-state index is 13.8. The van der Waals surface area contributed by atoms with Gasteiger partial charge in [-0.2, -0.15) is 5.26 Å². The molecule has 2 aliphatic heterocycles. The molecular weight excluding hydrogens is 943 g/mol. The zero-order valence-corrected chi connectivity index (χ0v) is 43.5. The van der Waals surface area contributed by atoms with Crippen LogP contribution in [0.25, 0.3) is 22.6 Å². The summed E-state index contributed by atoms with van der Waals surface area (Å²) in [4.78, 5) is 61.1. The molecule has 73 heavy (non-hydrogen) atoms. The van der Waals surface area contributed by atoms with Crippen molar-refractivity contribution in [2.45, 2.75) is 150 Å². The van der Waals surface area contributed by atoms with E-state index in [0.717, 1.165) is 6.42 Å². The molecule has 0 unspecified atom stereocenters. The van der Waals surface area contributed by atoms with Crippen LogP contribution in [0.4, 0.5) is 0 Å². The van der Waals surface area contributed by atoms with E-state index in [9.17, 15) is 24.3 Å². The van der Waals surface area contributed by atoms with Crippen LogP contribution in [-0.4, -0.2) is 58.6 Å². The zero-order chi connectivity index (χ0) is 51.4. The van der Waals surface area contributed by atoms with E-state index in [-0.39, 0.29) is 72.0 Å². The van der Waals surface area contributed by atoms with Crippen molar-refractivity contribution < 1.29 is 42.2 Å². The topological polar surface area (TPSA) is 201 Å². The number of ether oxygens (including phenoxy) is 3. The molecule has 1 aromatic carbocycles. The molecule has 9 atom stereocenters. The Hall–Kier alpha value is -6.21. The van der Waals surface area contributed by atoms with E-state index in [1.54, 1.807) is 79.4 Å². The molecule has 5 aromatic rings. The average Bonchev–Trinajstić information content (AvgIpc) is 3.32. The number of hydrogen-bond acceptors (Lipinski definition) is 14. The number of nitriles is 1. The number of aromatic nitrogens is 2. The van der Waals surface area contributed by atoms with Crippen molar-refractivity contribution in [2.24, 2.45) is 35.5 Å². The number of ketones is 1. The van der Waals surface area contributed by atoms with Gasteiger partial charge in [0.15, 0.2) is 14.1 Å². The minimum atomic E-state index is -2.15. The predicted octanol–water partition coefficient (Wildman–Crippen LogP) is 12.0. The minimum Gasteiger partial charge on any atom is -0.483 e. The van der Waals surface area contributed by atoms with E-state index in [1.165, 1.54) is 0 Å². The summed E-state index contributed by atoms with van der Waals surface area (Å²) in [6.45, 7) is 23.5. The van der Waals surface area contributed by atoms with Crippen molar-refractivity contribution in [1.82, 2.24) is 9.97 Å². The van der Waals surface area contributed by atoms with Gasteiger partial charge in [0.05, 0.1) is 35.3 Å². The second-order valence-electron chi connectivity index (χ2n) is 22.2. The Kier molecular flexibility index (Phi) is 16.4. The molecule has 0 radical (unpaired) electrons. The van der Waals surface area contributed by atoms with Crippen molar-refractivity contribution in [3.8, 4) is 40.2 Å². The highest BCUT2D eigenvalue weighted by atomic mass is 28.4. The molecule has 14 nitrogen and oxygen atoms in total. The fraction of sp³-hybridized carbons (Fsp3) is 0.500. The molecular formula is C58H73N3O11Si. The summed E-state index contributed by atoms with van der Waals surface area (Å²) in [5.74, 6) is 0.534. The van der Waals surface area contributed by atoms with Crippen LogP contribution in [0, 0.1) is 46.8 Å². The molecule has 1 N–H and O–H groups in total. The standard InChI is InChI=1S/C29H28N2O6.C27H37NO5Si.2CH4/c1-16(2)20-11-21-26(32)25-23(13-22(35-28(25)34)19-5-4-10-31-15-19)37-29(21,3)24(12-20)36-27(33)18-8-6-17(14-30)7-9-18;1-16(2)18-12-19-24(29)23-21(14-20(31-25(23)30)17-10-9-11-28-15-17)32-27(19,6)22(13-18)33-34(7,8)26(3,4)5;;/h4-10,13,15-16,20-21,24,26,32H,11-12H2,1-3H3;9-11,14-16,18-19,22H,12-13H2,1-8H3;2*1H4/t20-,21-,24-,26+,29-;18-,19-,22-,27-;;/m00../s1. The highest BCUT2D eigenvalue weighted by molar-refractivity contribution is 6.74. The van der Waals surface area contributed by atoms with Gasteiger partial charge in [0.1, 0.15) is 51.5 Å². The molecule has 0 bridgehead atoms. The quantitative estimate of drug-likeness (QED) is 0.114. The van der Waals surface area contributed by atoms with Crippen LogP contribution in [0.2, 0.25) is 18.1 Å². The molecule has 4 aliphatic rings. The van der Waals surface area contributed by atoms with E-state index in [2.05, 4.69) is 71.5 Å². The van der Waals surface area contributed by atoms with Gasteiger partial charge in [-0.25, -0.2) is 14.4 Å². The van der Waals surface area contributed by atoms with E-state index >= 15 is 0 Å². The predicted molar refractivity (Wildman–Crippen MR) is 282 cm³/mol. The Morgan fingerprint density at radius 1 is 0.781 bits per heavy atom. The highest BCUT2D eigenvalue weighted by Crippen LogP contribution is 2.54. The largest absolute Gasteiger partial charge is 0.483 e. The summed E-state index contributed by atoms with van der Waals surface area (Å²) in [5.41, 5.74) is -1.14. The lowest BCUT2D eigenvalue weighted by Crippen LogP contribution is -2.64. The third-order valence-electron chi connectivity index (χ3n) is 16.1. The Bertz CT molecular complexity index is 2940. The van der Waals surface area contributed by atoms with Gasteiger partial charge < -0.3 is 32.6 Å². The number of nitrogens with zero attached hydrogens (tertiary/aromatic N) is 3. The van der Waals surface area contributed by atoms with Gasteiger partial charge in [0.25, 0.3) is 0 Å². The molecule has 2 aliphatic carbocycles. The van der Waals surface area contributed by atoms with Crippen molar-refractivity contribution in [3.63, 3.8) is 0 Å². The molecule has 4 aromatic heterocycles. The highest BCUT2D eigenvalue weighted by Gasteiger charge is 2.60. The van der Waals surface area contributed by atoms with Gasteiger partial charge >= 0.3 is 17.2 Å². The smallest absolute Gasteiger partial charge is 0.351 e. The van der Waals surface area contributed by atoms with Crippen LogP contribution >= 0.6 is 0 Å². The maximum Gasteiger partial charge on any atom is 0.351 e. The van der Waals surface area contributed by atoms with Gasteiger partial charge in [-0.1, -0.05) is 63.3 Å². The summed E-state index contributed by atoms with van der Waals surface area (Å²) < 4.78 is 37.2. The monoisotopic (exact) mass is 1020 g/mol. The number of aliphatic hydroxyl groups excluding tert-OH is 1. The molecule has 2 saturated carbocycles. The lowest BCUT2D eigenvalue weighted by Gasteiger charge is -2.54. The zero-order valence-electron chi connectivity index (χ0n) is 42.5. The molecule has 0 amide bonds. The summed E-state index contributed by atoms with van der Waals surface area (Å²) >= 11 is 0. The molecule has 390 valence electrons. The number of carbonyl (C=O) groups is 2. The first kappa shape index (κ1) is 56.1. The molecule has 0 spiro atoms. The molecule has 6 heterocycles. The Balaban J connectivity index is 0.000000233. The summed E-state index contributed by atoms with van der Waals surface area (Å²) in [7, 11) is -2.15. The van der Waals surface area contributed by atoms with Crippen molar-refractivity contribution in [3.05, 3.63) is 129 Å². The van der Waals surface area contributed by atoms with E-state index in [0.29, 0.717) is 59.1 Å². The lowest BCUT2D eigenvalue weighted by molar-refractivity contribution is -0.170. The van der Waals surface area contributed by atoms with Crippen LogP contribution < -0.4 is 20.7 Å². The fourth-order valence-corrected chi connectivity index (χ4v) is 11.8. The van der Waals surface area contributed by atoms with E-state index in [1.807, 2.05) is 26.0 Å². The number of benzene rings is 1. The van der Waals surface area contributed by atoms with Crippen LogP contribution in [0.1, 0.15) is 141 Å². The SMILES string of the molecule is C.C.CC(C)[C@@H]1C[C@H](OC(=O)c2ccc(C#N)cc2)[C@@]2(C)Oc3cc(-c4cccnc4)oc(=O)c3[C@H](O)[C@@H]2C1.CC(C)[C@@H]1C[C@H](O[Si](C)(C)C(C)(C)C)[C@@]2(C)Oc3cc(-c4cccnc4)oc(=O)c3C(=O)[C@@H]2C1. The summed E-state index contributed by atoms with van der Waals surface area (Å²) in [5, 5.41) is 20.5. The lowest BCUT2D eigenvalue weighted by atomic mass is 9.63. The van der Waals surface area contributed by atoms with E-state index in [4.69, 9.17) is 32.7 Å². The van der Waals surface area contributed by atoms with Crippen molar-refractivity contribution in [1.29, 1.82) is 5.26 Å². The van der Waals surface area contributed by atoms with Crippen molar-refractivity contribution in [2.75, 3.05) is 0 Å². The number of pyridine rings is 2. The minimum absolute atomic E-state index is 0. The van der Waals surface area contributed by atoms with Gasteiger partial charge in [0, 0.05) is 54.0 Å². The second kappa shape index (κ2) is 21.3. The van der Waals surface area contributed by atoms with Crippen LogP contribution in [0.3, 0.4) is 0 Å². The van der Waals surface area contributed by atoms with E-state index < -0.39 is 60.8 Å². The number of hydrogen-bond donors (Lipinski definition) is 1. The first-order chi connectivity index (χ1) is 33.4. The fourth-order valence-electron chi connectivity index (χ4n) is 10.4. The Morgan fingerprint density at radius 2 is 1.32 bits per heavy atom. The number of aliphatic hydroxyl groups is 1. The molecule has 9 rings (SSSR count). The van der Waals surface area contributed by atoms with Crippen LogP contribution in [-0.2, 0) is 9.16 Å². The normalized spacial score (nSPS) is 26.0.